The van der Waals surface area contributed by atoms with E-state index in [2.05, 4.69) is 51.7 Å². The monoisotopic (exact) mass is 276 g/mol. The highest BCUT2D eigenvalue weighted by Gasteiger charge is 2.21. The Bertz CT molecular complexity index is 553. The summed E-state index contributed by atoms with van der Waals surface area (Å²) in [5.41, 5.74) is 0. The fourth-order valence-corrected chi connectivity index (χ4v) is 3.35. The van der Waals surface area contributed by atoms with Gasteiger partial charge in [0.25, 0.3) is 0 Å². The summed E-state index contributed by atoms with van der Waals surface area (Å²) in [6.45, 7) is 4.36. The molecule has 2 aromatic rings. The van der Waals surface area contributed by atoms with Crippen molar-refractivity contribution in [3.05, 3.63) is 23.7 Å². The van der Waals surface area contributed by atoms with E-state index in [1.165, 1.54) is 10.1 Å². The fourth-order valence-electron chi connectivity index (χ4n) is 2.57. The number of thiophene rings is 1. The van der Waals surface area contributed by atoms with E-state index < -0.39 is 0 Å². The number of likely N-dealkylation sites (N-methyl/N-ethyl adjacent to an activating group) is 2. The summed E-state index contributed by atoms with van der Waals surface area (Å²) in [6.07, 6.45) is 1.89. The largest absolute Gasteiger partial charge is 0.368 e. The summed E-state index contributed by atoms with van der Waals surface area (Å²) in [6, 6.07) is 4.77. The molecule has 1 aliphatic heterocycles. The first-order valence-corrected chi connectivity index (χ1v) is 7.57. The van der Waals surface area contributed by atoms with Crippen molar-refractivity contribution in [1.82, 2.24) is 14.8 Å². The molecule has 0 aromatic carbocycles. The molecular weight excluding hydrogens is 256 g/mol. The topological polar surface area (TPSA) is 31.4 Å². The fraction of sp³-hybridized carbons (Fsp3) is 0.500. The van der Waals surface area contributed by atoms with E-state index >= 15 is 0 Å². The lowest BCUT2D eigenvalue weighted by atomic mass is 10.2. The Hall–Kier alpha value is -1.17. The van der Waals surface area contributed by atoms with Crippen LogP contribution in [0.2, 0.25) is 0 Å². The summed E-state index contributed by atoms with van der Waals surface area (Å²) in [4.78, 5) is 9.30. The van der Waals surface area contributed by atoms with Gasteiger partial charge in [-0.15, -0.1) is 11.3 Å². The second kappa shape index (κ2) is 5.45. The van der Waals surface area contributed by atoms with E-state index in [0.717, 1.165) is 32.0 Å². The molecule has 19 heavy (non-hydrogen) atoms. The van der Waals surface area contributed by atoms with Crippen molar-refractivity contribution in [1.29, 1.82) is 0 Å². The molecule has 1 saturated heterocycles. The first kappa shape index (κ1) is 12.8. The van der Waals surface area contributed by atoms with Crippen molar-refractivity contribution in [2.75, 3.05) is 45.6 Å². The van der Waals surface area contributed by atoms with Gasteiger partial charge in [0.05, 0.1) is 0 Å². The number of pyridine rings is 1. The number of nitrogens with one attached hydrogen (secondary N) is 1. The van der Waals surface area contributed by atoms with Gasteiger partial charge in [-0.2, -0.15) is 0 Å². The average molecular weight is 276 g/mol. The Kier molecular flexibility index (Phi) is 3.68. The maximum absolute atomic E-state index is 4.47. The molecule has 1 unspecified atom stereocenters. The molecular formula is C14H20N4S. The molecule has 0 amide bonds. The van der Waals surface area contributed by atoms with Crippen LogP contribution in [0.1, 0.15) is 0 Å². The number of nitrogens with zero attached hydrogens (tertiary/aromatic N) is 3. The van der Waals surface area contributed by atoms with Crippen molar-refractivity contribution < 1.29 is 0 Å². The van der Waals surface area contributed by atoms with Gasteiger partial charge in [-0.05, 0) is 31.6 Å². The Morgan fingerprint density at radius 1 is 1.37 bits per heavy atom. The minimum absolute atomic E-state index is 0.550. The second-order valence-electron chi connectivity index (χ2n) is 5.27. The Balaban J connectivity index is 1.70. The third-order valence-electron chi connectivity index (χ3n) is 3.87. The van der Waals surface area contributed by atoms with Gasteiger partial charge in [-0.3, -0.25) is 4.90 Å². The highest BCUT2D eigenvalue weighted by Crippen LogP contribution is 2.25. The molecule has 5 heteroatoms. The summed E-state index contributed by atoms with van der Waals surface area (Å²) in [5.74, 6) is 1.01. The lowest BCUT2D eigenvalue weighted by Crippen LogP contribution is -2.52. The van der Waals surface area contributed by atoms with Crippen LogP contribution < -0.4 is 5.32 Å². The molecule has 102 valence electrons. The molecule has 1 N–H and O–H groups in total. The maximum atomic E-state index is 4.47. The zero-order valence-corrected chi connectivity index (χ0v) is 12.3. The van der Waals surface area contributed by atoms with Crippen LogP contribution in [0.15, 0.2) is 23.7 Å². The lowest BCUT2D eigenvalue weighted by molar-refractivity contribution is 0.122. The first-order valence-electron chi connectivity index (χ1n) is 6.69. The van der Waals surface area contributed by atoms with Crippen LogP contribution in [0.5, 0.6) is 0 Å². The average Bonchev–Trinajstić information content (AvgIpc) is 2.88. The SMILES string of the molecule is CN1CCN(C)C(CNc2nccc3sccc23)C1. The maximum Gasteiger partial charge on any atom is 0.134 e. The zero-order chi connectivity index (χ0) is 13.2. The minimum Gasteiger partial charge on any atom is -0.368 e. The molecule has 3 heterocycles. The summed E-state index contributed by atoms with van der Waals surface area (Å²) >= 11 is 1.77. The van der Waals surface area contributed by atoms with Gasteiger partial charge < -0.3 is 10.2 Å². The number of aromatic nitrogens is 1. The van der Waals surface area contributed by atoms with Gasteiger partial charge in [0, 0.05) is 48.5 Å². The van der Waals surface area contributed by atoms with E-state index in [1.54, 1.807) is 11.3 Å². The quantitative estimate of drug-likeness (QED) is 0.928. The van der Waals surface area contributed by atoms with E-state index in [4.69, 9.17) is 0 Å². The normalized spacial score (nSPS) is 21.9. The molecule has 1 atom stereocenters. The third kappa shape index (κ3) is 2.73. The highest BCUT2D eigenvalue weighted by atomic mass is 32.1. The number of rotatable bonds is 3. The van der Waals surface area contributed by atoms with Gasteiger partial charge in [-0.1, -0.05) is 0 Å². The summed E-state index contributed by atoms with van der Waals surface area (Å²) in [5, 5.41) is 6.88. The number of fused-ring (bicyclic) bond motifs is 1. The molecule has 0 saturated carbocycles. The molecule has 3 rings (SSSR count). The van der Waals surface area contributed by atoms with Crippen molar-refractivity contribution in [2.24, 2.45) is 0 Å². The van der Waals surface area contributed by atoms with E-state index in [0.29, 0.717) is 6.04 Å². The Morgan fingerprint density at radius 3 is 3.16 bits per heavy atom. The van der Waals surface area contributed by atoms with Crippen LogP contribution in [0.25, 0.3) is 10.1 Å². The molecule has 0 radical (unpaired) electrons. The Labute approximate surface area is 118 Å². The van der Waals surface area contributed by atoms with Crippen molar-refractivity contribution in [3.63, 3.8) is 0 Å². The van der Waals surface area contributed by atoms with Gasteiger partial charge in [-0.25, -0.2) is 4.98 Å². The number of piperazine rings is 1. The molecule has 0 spiro atoms. The molecule has 4 nitrogen and oxygen atoms in total. The number of anilines is 1. The van der Waals surface area contributed by atoms with Crippen molar-refractivity contribution in [3.8, 4) is 0 Å². The summed E-state index contributed by atoms with van der Waals surface area (Å²) in [7, 11) is 4.40. The minimum atomic E-state index is 0.550. The molecule has 0 bridgehead atoms. The molecule has 0 aliphatic carbocycles. The van der Waals surface area contributed by atoms with E-state index in [-0.39, 0.29) is 0 Å². The predicted octanol–water partition coefficient (Wildman–Crippen LogP) is 1.95. The van der Waals surface area contributed by atoms with Crippen LogP contribution in [0.3, 0.4) is 0 Å². The van der Waals surface area contributed by atoms with Crippen LogP contribution in [0.4, 0.5) is 5.82 Å². The smallest absolute Gasteiger partial charge is 0.134 e. The standard InChI is InChI=1S/C14H20N4S/c1-17-6-7-18(2)11(10-17)9-16-14-12-4-8-19-13(12)3-5-15-14/h3-5,8,11H,6-7,9-10H2,1-2H3,(H,15,16). The van der Waals surface area contributed by atoms with E-state index in [9.17, 15) is 0 Å². The summed E-state index contributed by atoms with van der Waals surface area (Å²) < 4.78 is 1.30. The van der Waals surface area contributed by atoms with Gasteiger partial charge in [0.15, 0.2) is 0 Å². The van der Waals surface area contributed by atoms with Crippen LogP contribution in [-0.4, -0.2) is 61.1 Å². The molecule has 2 aromatic heterocycles. The first-order chi connectivity index (χ1) is 9.24. The highest BCUT2D eigenvalue weighted by molar-refractivity contribution is 7.17. The second-order valence-corrected chi connectivity index (χ2v) is 6.22. The van der Waals surface area contributed by atoms with Gasteiger partial charge in [0.1, 0.15) is 5.82 Å². The van der Waals surface area contributed by atoms with E-state index in [1.807, 2.05) is 6.20 Å². The lowest BCUT2D eigenvalue weighted by Gasteiger charge is -2.37. The zero-order valence-electron chi connectivity index (χ0n) is 11.5. The number of hydrogen-bond donors (Lipinski definition) is 1. The predicted molar refractivity (Wildman–Crippen MR) is 82.0 cm³/mol. The van der Waals surface area contributed by atoms with Crippen LogP contribution in [-0.2, 0) is 0 Å². The van der Waals surface area contributed by atoms with Crippen LogP contribution in [0, 0.1) is 0 Å². The molecule has 1 fully saturated rings. The van der Waals surface area contributed by atoms with Gasteiger partial charge in [0.2, 0.25) is 0 Å². The third-order valence-corrected chi connectivity index (χ3v) is 4.75. The van der Waals surface area contributed by atoms with Crippen LogP contribution >= 0.6 is 11.3 Å². The van der Waals surface area contributed by atoms with Crippen molar-refractivity contribution >= 4 is 27.2 Å². The van der Waals surface area contributed by atoms with Crippen molar-refractivity contribution in [2.45, 2.75) is 6.04 Å². The number of hydrogen-bond acceptors (Lipinski definition) is 5. The van der Waals surface area contributed by atoms with Gasteiger partial charge >= 0.3 is 0 Å². The Morgan fingerprint density at radius 2 is 2.26 bits per heavy atom. The molecule has 1 aliphatic rings.